The number of hydrogen-bond donors (Lipinski definition) is 2. The summed E-state index contributed by atoms with van der Waals surface area (Å²) >= 11 is 0. The number of hydrogen-bond acceptors (Lipinski definition) is 2. The van der Waals surface area contributed by atoms with E-state index < -0.39 is 6.04 Å². The number of anilines is 1. The SMILES string of the molecule is CCc1ccc(NC(=O)NC(C(=O)N2CC3(C)CC2CC(C)(C)C3)C(C)C)cc1. The smallest absolute Gasteiger partial charge is 0.319 e. The van der Waals surface area contributed by atoms with Crippen LogP contribution in [0.3, 0.4) is 0 Å². The summed E-state index contributed by atoms with van der Waals surface area (Å²) in [5.74, 6) is 0.0832. The van der Waals surface area contributed by atoms with Crippen molar-refractivity contribution in [3.8, 4) is 0 Å². The highest BCUT2D eigenvalue weighted by molar-refractivity contribution is 5.94. The van der Waals surface area contributed by atoms with Crippen molar-refractivity contribution in [3.63, 3.8) is 0 Å². The van der Waals surface area contributed by atoms with Gasteiger partial charge in [0.25, 0.3) is 0 Å². The summed E-state index contributed by atoms with van der Waals surface area (Å²) in [7, 11) is 0. The van der Waals surface area contributed by atoms with Crippen molar-refractivity contribution < 1.29 is 9.59 Å². The van der Waals surface area contributed by atoms with Gasteiger partial charge in [-0.3, -0.25) is 4.79 Å². The quantitative estimate of drug-likeness (QED) is 0.745. The molecule has 5 heteroatoms. The first kappa shape index (κ1) is 21.7. The predicted octanol–water partition coefficient (Wildman–Crippen LogP) is 4.82. The molecule has 1 aromatic rings. The fraction of sp³-hybridized carbons (Fsp3) is 0.667. The van der Waals surface area contributed by atoms with Gasteiger partial charge in [-0.2, -0.15) is 0 Å². The second kappa shape index (κ2) is 8.00. The number of benzene rings is 1. The van der Waals surface area contributed by atoms with E-state index in [2.05, 4.69) is 43.2 Å². The van der Waals surface area contributed by atoms with Crippen LogP contribution >= 0.6 is 0 Å². The van der Waals surface area contributed by atoms with Crippen LogP contribution in [-0.2, 0) is 11.2 Å². The summed E-state index contributed by atoms with van der Waals surface area (Å²) in [6, 6.07) is 7.25. The second-order valence-corrected chi connectivity index (χ2v) is 10.6. The van der Waals surface area contributed by atoms with Gasteiger partial charge in [0.05, 0.1) is 0 Å². The first-order chi connectivity index (χ1) is 13.5. The van der Waals surface area contributed by atoms with Crippen molar-refractivity contribution in [1.29, 1.82) is 0 Å². The van der Waals surface area contributed by atoms with E-state index in [1.807, 2.05) is 38.1 Å². The summed E-state index contributed by atoms with van der Waals surface area (Å²) in [6.45, 7) is 13.8. The van der Waals surface area contributed by atoms with Gasteiger partial charge < -0.3 is 15.5 Å². The molecule has 1 aliphatic heterocycles. The molecule has 0 aromatic heterocycles. The molecule has 1 saturated heterocycles. The molecular formula is C24H37N3O2. The molecule has 1 aromatic carbocycles. The predicted molar refractivity (Wildman–Crippen MR) is 118 cm³/mol. The number of urea groups is 1. The van der Waals surface area contributed by atoms with E-state index in [0.29, 0.717) is 0 Å². The van der Waals surface area contributed by atoms with Crippen LogP contribution in [0.5, 0.6) is 0 Å². The summed E-state index contributed by atoms with van der Waals surface area (Å²) < 4.78 is 0. The Morgan fingerprint density at radius 2 is 1.79 bits per heavy atom. The maximum Gasteiger partial charge on any atom is 0.319 e. The Morgan fingerprint density at radius 3 is 2.38 bits per heavy atom. The van der Waals surface area contributed by atoms with Crippen molar-refractivity contribution in [1.82, 2.24) is 10.2 Å². The van der Waals surface area contributed by atoms with E-state index in [9.17, 15) is 9.59 Å². The molecule has 29 heavy (non-hydrogen) atoms. The lowest BCUT2D eigenvalue weighted by Crippen LogP contribution is -2.53. The van der Waals surface area contributed by atoms with E-state index in [-0.39, 0.29) is 34.7 Å². The minimum atomic E-state index is -0.518. The number of likely N-dealkylation sites (tertiary alicyclic amines) is 1. The Labute approximate surface area is 175 Å². The molecule has 0 spiro atoms. The molecule has 3 amide bonds. The number of nitrogens with zero attached hydrogens (tertiary/aromatic N) is 1. The minimum Gasteiger partial charge on any atom is -0.337 e. The van der Waals surface area contributed by atoms with Crippen molar-refractivity contribution in [3.05, 3.63) is 29.8 Å². The highest BCUT2D eigenvalue weighted by Gasteiger charge is 2.52. The lowest BCUT2D eigenvalue weighted by molar-refractivity contribution is -0.135. The van der Waals surface area contributed by atoms with Gasteiger partial charge in [0.1, 0.15) is 6.04 Å². The lowest BCUT2D eigenvalue weighted by Gasteiger charge is -2.39. The molecule has 160 valence electrons. The summed E-state index contributed by atoms with van der Waals surface area (Å²) in [5, 5.41) is 5.81. The molecule has 1 aliphatic carbocycles. The fourth-order valence-corrected chi connectivity index (χ4v) is 5.54. The fourth-order valence-electron chi connectivity index (χ4n) is 5.54. The Hall–Kier alpha value is -2.04. The van der Waals surface area contributed by atoms with Gasteiger partial charge in [-0.25, -0.2) is 4.79 Å². The van der Waals surface area contributed by atoms with E-state index in [0.717, 1.165) is 37.9 Å². The van der Waals surface area contributed by atoms with E-state index in [1.54, 1.807) is 0 Å². The topological polar surface area (TPSA) is 61.4 Å². The average molecular weight is 400 g/mol. The second-order valence-electron chi connectivity index (χ2n) is 10.6. The van der Waals surface area contributed by atoms with Gasteiger partial charge in [-0.1, -0.05) is 53.7 Å². The molecule has 2 N–H and O–H groups in total. The van der Waals surface area contributed by atoms with Crippen LogP contribution in [0.4, 0.5) is 10.5 Å². The molecule has 1 heterocycles. The number of carbonyl (C=O) groups excluding carboxylic acids is 2. The first-order valence-electron chi connectivity index (χ1n) is 11.0. The van der Waals surface area contributed by atoms with Gasteiger partial charge in [0.15, 0.2) is 0 Å². The van der Waals surface area contributed by atoms with E-state index in [1.165, 1.54) is 5.56 Å². The average Bonchev–Trinajstić information content (AvgIpc) is 2.88. The number of fused-ring (bicyclic) bond motifs is 2. The van der Waals surface area contributed by atoms with E-state index >= 15 is 0 Å². The third-order valence-electron chi connectivity index (χ3n) is 6.54. The molecule has 2 bridgehead atoms. The summed E-state index contributed by atoms with van der Waals surface area (Å²) in [6.07, 6.45) is 4.22. The monoisotopic (exact) mass is 399 g/mol. The zero-order chi connectivity index (χ0) is 21.4. The van der Waals surface area contributed by atoms with Crippen LogP contribution in [0.1, 0.15) is 66.4 Å². The minimum absolute atomic E-state index is 0.0250. The third kappa shape index (κ3) is 4.93. The number of nitrogens with one attached hydrogen (secondary N) is 2. The van der Waals surface area contributed by atoms with Crippen molar-refractivity contribution in [2.24, 2.45) is 16.7 Å². The van der Waals surface area contributed by atoms with Crippen molar-refractivity contribution in [2.75, 3.05) is 11.9 Å². The maximum atomic E-state index is 13.4. The number of aryl methyl sites for hydroxylation is 1. The molecule has 1 saturated carbocycles. The molecule has 3 rings (SSSR count). The molecule has 2 fully saturated rings. The van der Waals surface area contributed by atoms with Crippen LogP contribution in [0, 0.1) is 16.7 Å². The van der Waals surface area contributed by atoms with Crippen LogP contribution in [0.25, 0.3) is 0 Å². The van der Waals surface area contributed by atoms with Crippen LogP contribution in [-0.4, -0.2) is 35.5 Å². The van der Waals surface area contributed by atoms with Gasteiger partial charge in [-0.05, 0) is 60.1 Å². The standard InChI is InChI=1S/C24H37N3O2/c1-7-17-8-10-18(11-9-17)25-22(29)26-20(16(2)3)21(28)27-15-24(6)13-19(27)12-23(4,5)14-24/h8-11,16,19-20H,7,12-15H2,1-6H3,(H2,25,26,29). The van der Waals surface area contributed by atoms with Crippen LogP contribution in [0.2, 0.25) is 0 Å². The maximum absolute atomic E-state index is 13.4. The Morgan fingerprint density at radius 1 is 1.14 bits per heavy atom. The first-order valence-corrected chi connectivity index (χ1v) is 11.0. The number of rotatable bonds is 5. The number of amides is 3. The highest BCUT2D eigenvalue weighted by atomic mass is 16.2. The van der Waals surface area contributed by atoms with Crippen LogP contribution < -0.4 is 10.6 Å². The lowest BCUT2D eigenvalue weighted by atomic mass is 9.65. The molecular weight excluding hydrogens is 362 g/mol. The molecule has 3 unspecified atom stereocenters. The molecule has 0 radical (unpaired) electrons. The van der Waals surface area contributed by atoms with Crippen molar-refractivity contribution >= 4 is 17.6 Å². The van der Waals surface area contributed by atoms with Gasteiger partial charge in [-0.15, -0.1) is 0 Å². The zero-order valence-corrected chi connectivity index (χ0v) is 18.8. The van der Waals surface area contributed by atoms with Gasteiger partial charge >= 0.3 is 6.03 Å². The third-order valence-corrected chi connectivity index (χ3v) is 6.54. The van der Waals surface area contributed by atoms with Gasteiger partial charge in [0, 0.05) is 18.3 Å². The van der Waals surface area contributed by atoms with Gasteiger partial charge in [0.2, 0.25) is 5.91 Å². The normalized spacial score (nSPS) is 26.3. The van der Waals surface area contributed by atoms with Crippen molar-refractivity contribution in [2.45, 2.75) is 79.3 Å². The van der Waals surface area contributed by atoms with Crippen LogP contribution in [0.15, 0.2) is 24.3 Å². The molecule has 5 nitrogen and oxygen atoms in total. The summed E-state index contributed by atoms with van der Waals surface area (Å²) in [4.78, 5) is 28.1. The molecule has 2 aliphatic rings. The largest absolute Gasteiger partial charge is 0.337 e. The number of carbonyl (C=O) groups is 2. The van der Waals surface area contributed by atoms with E-state index in [4.69, 9.17) is 0 Å². The summed E-state index contributed by atoms with van der Waals surface area (Å²) in [5.41, 5.74) is 2.41. The molecule has 3 atom stereocenters. The Kier molecular flexibility index (Phi) is 5.98. The zero-order valence-electron chi connectivity index (χ0n) is 18.8. The Bertz CT molecular complexity index is 756. The highest BCUT2D eigenvalue weighted by Crippen LogP contribution is 2.52. The Balaban J connectivity index is 1.67.